The standard InChI is InChI=1S/C32H38N4O6/c1-19(2)29(31(38)35-16-14-23(15-17-35)22-10-7-6-8-11-22)34-30(37)26-20(3)33-21(4)27(32(39)42-5)28(26)24-12-9-13-25(18-24)36(40)41/h6-13,18-19,23,27-29H,14-17H2,1-5H3,(H,34,37). The van der Waals surface area contributed by atoms with Crippen molar-refractivity contribution in [2.75, 3.05) is 20.2 Å². The lowest BCUT2D eigenvalue weighted by Crippen LogP contribution is -2.53. The van der Waals surface area contributed by atoms with Gasteiger partial charge in [0.1, 0.15) is 12.0 Å². The highest BCUT2D eigenvalue weighted by molar-refractivity contribution is 6.08. The van der Waals surface area contributed by atoms with Crippen molar-refractivity contribution >= 4 is 29.2 Å². The minimum absolute atomic E-state index is 0.157. The molecule has 2 amide bonds. The number of nitrogens with zero attached hydrogens (tertiary/aromatic N) is 3. The number of benzene rings is 2. The summed E-state index contributed by atoms with van der Waals surface area (Å²) in [7, 11) is 1.25. The van der Waals surface area contributed by atoms with Crippen molar-refractivity contribution in [3.63, 3.8) is 0 Å². The molecule has 10 nitrogen and oxygen atoms in total. The average Bonchev–Trinajstić information content (AvgIpc) is 2.99. The highest BCUT2D eigenvalue weighted by Crippen LogP contribution is 2.40. The van der Waals surface area contributed by atoms with Gasteiger partial charge in [-0.05, 0) is 49.7 Å². The van der Waals surface area contributed by atoms with E-state index in [1.807, 2.05) is 36.9 Å². The molecule has 42 heavy (non-hydrogen) atoms. The Hall–Kier alpha value is -4.34. The Labute approximate surface area is 246 Å². The lowest BCUT2D eigenvalue weighted by Gasteiger charge is -2.36. The molecule has 3 unspecified atom stereocenters. The van der Waals surface area contributed by atoms with Gasteiger partial charge in [-0.3, -0.25) is 29.5 Å². The Morgan fingerprint density at radius 2 is 1.67 bits per heavy atom. The van der Waals surface area contributed by atoms with Crippen molar-refractivity contribution in [3.05, 3.63) is 87.1 Å². The summed E-state index contributed by atoms with van der Waals surface area (Å²) in [6.07, 6.45) is 1.67. The summed E-state index contributed by atoms with van der Waals surface area (Å²) in [4.78, 5) is 58.1. The third-order valence-corrected chi connectivity index (χ3v) is 8.27. The van der Waals surface area contributed by atoms with Crippen LogP contribution in [0, 0.1) is 22.0 Å². The Kier molecular flexibility index (Phi) is 9.55. The number of hydrogen-bond acceptors (Lipinski definition) is 7. The number of carbonyl (C=O) groups is 3. The van der Waals surface area contributed by atoms with Crippen LogP contribution in [0.5, 0.6) is 0 Å². The Bertz CT molecular complexity index is 1410. The number of nitro benzene ring substituents is 1. The number of nitrogens with one attached hydrogen (secondary N) is 1. The van der Waals surface area contributed by atoms with E-state index >= 15 is 0 Å². The third-order valence-electron chi connectivity index (χ3n) is 8.27. The van der Waals surface area contributed by atoms with E-state index in [2.05, 4.69) is 22.4 Å². The zero-order valence-electron chi connectivity index (χ0n) is 24.7. The van der Waals surface area contributed by atoms with Gasteiger partial charge in [-0.1, -0.05) is 56.3 Å². The van der Waals surface area contributed by atoms with E-state index in [1.54, 1.807) is 19.9 Å². The van der Waals surface area contributed by atoms with Crippen molar-refractivity contribution in [1.82, 2.24) is 10.2 Å². The average molecular weight is 575 g/mol. The molecule has 2 aromatic rings. The molecule has 0 bridgehead atoms. The molecule has 2 aliphatic heterocycles. The summed E-state index contributed by atoms with van der Waals surface area (Å²) >= 11 is 0. The molecule has 2 heterocycles. The van der Waals surface area contributed by atoms with Crippen LogP contribution in [0.2, 0.25) is 0 Å². The van der Waals surface area contributed by atoms with Crippen LogP contribution in [0.15, 0.2) is 70.9 Å². The van der Waals surface area contributed by atoms with E-state index in [1.165, 1.54) is 30.9 Å². The third kappa shape index (κ3) is 6.42. The molecule has 1 N–H and O–H groups in total. The first-order chi connectivity index (χ1) is 20.0. The van der Waals surface area contributed by atoms with Crippen molar-refractivity contribution in [2.45, 2.75) is 58.4 Å². The number of allylic oxidation sites excluding steroid dienone is 1. The molecular weight excluding hydrogens is 536 g/mol. The number of nitro groups is 1. The largest absolute Gasteiger partial charge is 0.468 e. The van der Waals surface area contributed by atoms with Crippen molar-refractivity contribution < 1.29 is 24.0 Å². The second-order valence-corrected chi connectivity index (χ2v) is 11.3. The first kappa shape index (κ1) is 30.6. The normalized spacial score (nSPS) is 20.1. The number of non-ortho nitro benzene ring substituents is 1. The summed E-state index contributed by atoms with van der Waals surface area (Å²) in [6.45, 7) is 8.26. The van der Waals surface area contributed by atoms with Crippen LogP contribution in [0.3, 0.4) is 0 Å². The second kappa shape index (κ2) is 13.1. The number of rotatable bonds is 8. The maximum atomic E-state index is 14.0. The number of ether oxygens (including phenoxy) is 1. The minimum atomic E-state index is -0.966. The Morgan fingerprint density at radius 1 is 1.02 bits per heavy atom. The molecule has 3 atom stereocenters. The summed E-state index contributed by atoms with van der Waals surface area (Å²) in [6, 6.07) is 15.3. The fourth-order valence-corrected chi connectivity index (χ4v) is 6.04. The fourth-order valence-electron chi connectivity index (χ4n) is 6.04. The van der Waals surface area contributed by atoms with Gasteiger partial charge in [0.25, 0.3) is 5.69 Å². The van der Waals surface area contributed by atoms with E-state index in [4.69, 9.17) is 4.74 Å². The summed E-state index contributed by atoms with van der Waals surface area (Å²) < 4.78 is 5.06. The Morgan fingerprint density at radius 3 is 2.26 bits per heavy atom. The predicted octanol–water partition coefficient (Wildman–Crippen LogP) is 4.76. The molecule has 0 aromatic heterocycles. The van der Waals surface area contributed by atoms with Gasteiger partial charge in [-0.25, -0.2) is 0 Å². The molecule has 0 aliphatic carbocycles. The number of amides is 2. The van der Waals surface area contributed by atoms with Crippen molar-refractivity contribution in [2.24, 2.45) is 16.8 Å². The summed E-state index contributed by atoms with van der Waals surface area (Å²) in [5.74, 6) is -3.00. The van der Waals surface area contributed by atoms with Gasteiger partial charge in [0.15, 0.2) is 0 Å². The van der Waals surface area contributed by atoms with E-state index in [9.17, 15) is 24.5 Å². The lowest BCUT2D eigenvalue weighted by atomic mass is 9.75. The highest BCUT2D eigenvalue weighted by atomic mass is 16.6. The van der Waals surface area contributed by atoms with Crippen LogP contribution in [-0.2, 0) is 19.1 Å². The number of carbonyl (C=O) groups excluding carboxylic acids is 3. The molecule has 10 heteroatoms. The molecule has 0 spiro atoms. The molecule has 222 valence electrons. The van der Waals surface area contributed by atoms with Gasteiger partial charge in [0.05, 0.1) is 12.0 Å². The molecule has 0 radical (unpaired) electrons. The van der Waals surface area contributed by atoms with E-state index in [0.29, 0.717) is 36.0 Å². The maximum absolute atomic E-state index is 14.0. The summed E-state index contributed by atoms with van der Waals surface area (Å²) in [5.41, 5.74) is 2.50. The topological polar surface area (TPSA) is 131 Å². The monoisotopic (exact) mass is 574 g/mol. The Balaban J connectivity index is 1.61. The van der Waals surface area contributed by atoms with E-state index in [0.717, 1.165) is 12.8 Å². The minimum Gasteiger partial charge on any atom is -0.468 e. The smallest absolute Gasteiger partial charge is 0.315 e. The predicted molar refractivity (Wildman–Crippen MR) is 159 cm³/mol. The van der Waals surface area contributed by atoms with Crippen molar-refractivity contribution in [3.8, 4) is 0 Å². The molecule has 0 saturated carbocycles. The lowest BCUT2D eigenvalue weighted by molar-refractivity contribution is -0.384. The molecule has 1 fully saturated rings. The van der Waals surface area contributed by atoms with Gasteiger partial charge in [-0.15, -0.1) is 0 Å². The summed E-state index contributed by atoms with van der Waals surface area (Å²) in [5, 5.41) is 14.5. The van der Waals surface area contributed by atoms with E-state index < -0.39 is 34.7 Å². The van der Waals surface area contributed by atoms with Crippen LogP contribution in [0.4, 0.5) is 5.69 Å². The maximum Gasteiger partial charge on any atom is 0.315 e. The second-order valence-electron chi connectivity index (χ2n) is 11.3. The van der Waals surface area contributed by atoms with Crippen molar-refractivity contribution in [1.29, 1.82) is 0 Å². The number of likely N-dealkylation sites (tertiary alicyclic amines) is 1. The molecule has 4 rings (SSSR count). The number of piperidine rings is 1. The van der Waals surface area contributed by atoms with Crippen LogP contribution in [-0.4, -0.2) is 59.6 Å². The SMILES string of the molecule is COC(=O)C1C(C)=NC(C)=C(C(=O)NC(C(=O)N2CCC(c3ccccc3)CC2)C(C)C)C1c1cccc([N+](=O)[O-])c1. The van der Waals surface area contributed by atoms with Crippen LogP contribution >= 0.6 is 0 Å². The number of aliphatic imine (C=N–C) groups is 1. The number of hydrogen-bond donors (Lipinski definition) is 1. The van der Waals surface area contributed by atoms with Crippen LogP contribution < -0.4 is 5.32 Å². The van der Waals surface area contributed by atoms with Crippen LogP contribution in [0.1, 0.15) is 63.5 Å². The highest BCUT2D eigenvalue weighted by Gasteiger charge is 2.43. The molecule has 1 saturated heterocycles. The molecular formula is C32H38N4O6. The van der Waals surface area contributed by atoms with Gasteiger partial charge in [0.2, 0.25) is 11.8 Å². The van der Waals surface area contributed by atoms with Gasteiger partial charge >= 0.3 is 5.97 Å². The van der Waals surface area contributed by atoms with Gasteiger partial charge in [0, 0.05) is 48.1 Å². The van der Waals surface area contributed by atoms with Crippen LogP contribution in [0.25, 0.3) is 0 Å². The first-order valence-electron chi connectivity index (χ1n) is 14.3. The first-order valence-corrected chi connectivity index (χ1v) is 14.3. The van der Waals surface area contributed by atoms with E-state index in [-0.39, 0.29) is 23.1 Å². The molecule has 2 aromatic carbocycles. The number of methoxy groups -OCH3 is 1. The fraction of sp³-hybridized carbons (Fsp3) is 0.438. The zero-order valence-corrected chi connectivity index (χ0v) is 24.7. The zero-order chi connectivity index (χ0) is 30.6. The number of esters is 1. The van der Waals surface area contributed by atoms with Gasteiger partial charge < -0.3 is 15.0 Å². The molecule has 2 aliphatic rings. The quantitative estimate of drug-likeness (QED) is 0.275. The van der Waals surface area contributed by atoms with Gasteiger partial charge in [-0.2, -0.15) is 0 Å².